The summed E-state index contributed by atoms with van der Waals surface area (Å²) in [5.41, 5.74) is 12.7. The Balaban J connectivity index is 2.43. The van der Waals surface area contributed by atoms with E-state index >= 15 is 0 Å². The Labute approximate surface area is 123 Å². The van der Waals surface area contributed by atoms with Crippen LogP contribution in [0.15, 0.2) is 24.5 Å². The van der Waals surface area contributed by atoms with Gasteiger partial charge in [0.15, 0.2) is 0 Å². The number of nitrogen functional groups attached to an aromatic ring is 1. The van der Waals surface area contributed by atoms with Gasteiger partial charge in [-0.3, -0.25) is 9.67 Å². The molecule has 0 amide bonds. The van der Waals surface area contributed by atoms with Gasteiger partial charge < -0.3 is 10.5 Å². The van der Waals surface area contributed by atoms with Crippen LogP contribution in [0.4, 0.5) is 5.69 Å². The van der Waals surface area contributed by atoms with Gasteiger partial charge in [0.2, 0.25) is 0 Å². The number of hydrogen-bond donors (Lipinski definition) is 1. The van der Waals surface area contributed by atoms with E-state index in [1.807, 2.05) is 32.3 Å². The van der Waals surface area contributed by atoms with Crippen molar-refractivity contribution >= 4 is 16.7 Å². The van der Waals surface area contributed by atoms with Crippen molar-refractivity contribution in [1.29, 1.82) is 0 Å². The molecule has 5 nitrogen and oxygen atoms in total. The summed E-state index contributed by atoms with van der Waals surface area (Å²) < 4.78 is 7.19. The molecular weight excluding hydrogens is 264 g/mol. The van der Waals surface area contributed by atoms with E-state index in [0.717, 1.165) is 39.0 Å². The topological polar surface area (TPSA) is 66.0 Å². The van der Waals surface area contributed by atoms with Crippen LogP contribution in [0.2, 0.25) is 0 Å². The largest absolute Gasteiger partial charge is 0.496 e. The van der Waals surface area contributed by atoms with Crippen LogP contribution in [0.25, 0.3) is 22.2 Å². The minimum Gasteiger partial charge on any atom is -0.496 e. The lowest BCUT2D eigenvalue weighted by Crippen LogP contribution is -1.99. The van der Waals surface area contributed by atoms with Gasteiger partial charge in [-0.1, -0.05) is 6.07 Å². The van der Waals surface area contributed by atoms with E-state index in [0.29, 0.717) is 5.69 Å². The third kappa shape index (κ3) is 2.01. The van der Waals surface area contributed by atoms with E-state index in [1.54, 1.807) is 18.0 Å². The number of benzene rings is 1. The number of nitrogens with two attached hydrogens (primary N) is 1. The Morgan fingerprint density at radius 2 is 1.95 bits per heavy atom. The summed E-state index contributed by atoms with van der Waals surface area (Å²) in [6, 6.07) is 4.01. The van der Waals surface area contributed by atoms with E-state index in [9.17, 15) is 0 Å². The Morgan fingerprint density at radius 1 is 1.19 bits per heavy atom. The van der Waals surface area contributed by atoms with E-state index < -0.39 is 0 Å². The van der Waals surface area contributed by atoms with Crippen molar-refractivity contribution in [2.75, 3.05) is 12.8 Å². The zero-order valence-electron chi connectivity index (χ0n) is 12.6. The zero-order valence-corrected chi connectivity index (χ0v) is 12.6. The molecule has 1 aromatic carbocycles. The highest BCUT2D eigenvalue weighted by Gasteiger charge is 2.18. The van der Waals surface area contributed by atoms with Crippen molar-refractivity contribution in [3.8, 4) is 16.9 Å². The molecule has 0 atom stereocenters. The fraction of sp³-hybridized carbons (Fsp3) is 0.250. The molecule has 2 N–H and O–H groups in total. The van der Waals surface area contributed by atoms with Crippen molar-refractivity contribution < 1.29 is 4.74 Å². The maximum atomic E-state index is 6.20. The number of pyridine rings is 1. The van der Waals surface area contributed by atoms with Crippen LogP contribution in [0.5, 0.6) is 5.75 Å². The van der Waals surface area contributed by atoms with Crippen molar-refractivity contribution in [1.82, 2.24) is 14.8 Å². The van der Waals surface area contributed by atoms with E-state index in [4.69, 9.17) is 10.5 Å². The third-order valence-corrected chi connectivity index (χ3v) is 3.77. The first-order valence-corrected chi connectivity index (χ1v) is 6.75. The lowest BCUT2D eigenvalue weighted by molar-refractivity contribution is 0.412. The molecule has 5 heteroatoms. The highest BCUT2D eigenvalue weighted by atomic mass is 16.5. The number of nitrogens with zero attached hydrogens (tertiary/aromatic N) is 3. The molecule has 0 unspecified atom stereocenters. The summed E-state index contributed by atoms with van der Waals surface area (Å²) >= 11 is 0. The van der Waals surface area contributed by atoms with Crippen molar-refractivity contribution in [2.24, 2.45) is 7.05 Å². The predicted molar refractivity (Wildman–Crippen MR) is 84.4 cm³/mol. The van der Waals surface area contributed by atoms with Crippen LogP contribution < -0.4 is 10.5 Å². The number of methoxy groups -OCH3 is 1. The smallest absolute Gasteiger partial charge is 0.122 e. The summed E-state index contributed by atoms with van der Waals surface area (Å²) in [5.74, 6) is 0.843. The molecule has 0 saturated heterocycles. The van der Waals surface area contributed by atoms with Gasteiger partial charge in [-0.25, -0.2) is 0 Å². The van der Waals surface area contributed by atoms with Gasteiger partial charge in [-0.05, 0) is 36.6 Å². The second-order valence-electron chi connectivity index (χ2n) is 5.21. The number of aromatic nitrogens is 3. The molecule has 0 saturated carbocycles. The summed E-state index contributed by atoms with van der Waals surface area (Å²) in [6.07, 6.45) is 3.58. The minimum absolute atomic E-state index is 0.626. The Morgan fingerprint density at radius 3 is 2.67 bits per heavy atom. The number of aryl methyl sites for hydroxylation is 2. The number of hydrogen-bond acceptors (Lipinski definition) is 4. The molecule has 2 heterocycles. The van der Waals surface area contributed by atoms with Crippen LogP contribution in [-0.2, 0) is 7.05 Å². The highest BCUT2D eigenvalue weighted by Crippen LogP contribution is 2.39. The van der Waals surface area contributed by atoms with Crippen molar-refractivity contribution in [3.63, 3.8) is 0 Å². The fourth-order valence-electron chi connectivity index (χ4n) is 2.79. The first kappa shape index (κ1) is 13.4. The van der Waals surface area contributed by atoms with Crippen LogP contribution in [0, 0.1) is 13.8 Å². The van der Waals surface area contributed by atoms with Gasteiger partial charge in [0.25, 0.3) is 0 Å². The van der Waals surface area contributed by atoms with Gasteiger partial charge in [0, 0.05) is 12.6 Å². The molecule has 108 valence electrons. The zero-order chi connectivity index (χ0) is 15.1. The second-order valence-corrected chi connectivity index (χ2v) is 5.21. The van der Waals surface area contributed by atoms with Crippen LogP contribution >= 0.6 is 0 Å². The van der Waals surface area contributed by atoms with Gasteiger partial charge >= 0.3 is 0 Å². The third-order valence-electron chi connectivity index (χ3n) is 3.77. The van der Waals surface area contributed by atoms with Crippen LogP contribution in [0.1, 0.15) is 11.1 Å². The second kappa shape index (κ2) is 4.77. The van der Waals surface area contributed by atoms with Crippen LogP contribution in [0.3, 0.4) is 0 Å². The Bertz CT molecular complexity index is 836. The molecule has 0 fully saturated rings. The molecule has 21 heavy (non-hydrogen) atoms. The molecule has 3 rings (SSSR count). The van der Waals surface area contributed by atoms with E-state index in [2.05, 4.69) is 17.0 Å². The maximum absolute atomic E-state index is 6.20. The van der Waals surface area contributed by atoms with Gasteiger partial charge in [-0.2, -0.15) is 5.10 Å². The van der Waals surface area contributed by atoms with E-state index in [-0.39, 0.29) is 0 Å². The normalized spacial score (nSPS) is 11.0. The summed E-state index contributed by atoms with van der Waals surface area (Å²) in [6.45, 7) is 4.10. The SMILES string of the molecule is COc1ccc(C)c(-c2c(N)cnc3cn(C)nc23)c1C. The average molecular weight is 282 g/mol. The highest BCUT2D eigenvalue weighted by molar-refractivity contribution is 5.99. The fourth-order valence-corrected chi connectivity index (χ4v) is 2.79. The Hall–Kier alpha value is -2.56. The molecule has 0 aliphatic heterocycles. The van der Waals surface area contributed by atoms with Crippen LogP contribution in [-0.4, -0.2) is 21.9 Å². The first-order valence-electron chi connectivity index (χ1n) is 6.75. The molecule has 0 radical (unpaired) electrons. The van der Waals surface area contributed by atoms with Gasteiger partial charge in [0.05, 0.1) is 25.2 Å². The number of fused-ring (bicyclic) bond motifs is 1. The molecule has 3 aromatic rings. The number of ether oxygens (including phenoxy) is 1. The molecule has 0 bridgehead atoms. The lowest BCUT2D eigenvalue weighted by Gasteiger charge is -2.15. The first-order chi connectivity index (χ1) is 10.0. The van der Waals surface area contributed by atoms with Gasteiger partial charge in [0.1, 0.15) is 16.8 Å². The minimum atomic E-state index is 0.626. The quantitative estimate of drug-likeness (QED) is 0.785. The number of rotatable bonds is 2. The average Bonchev–Trinajstić information content (AvgIpc) is 2.82. The standard InChI is InChI=1S/C16H18N4O/c1-9-5-6-13(21-4)10(2)14(9)15-11(17)7-18-12-8-20(3)19-16(12)15/h5-8H,17H2,1-4H3. The lowest BCUT2D eigenvalue weighted by atomic mass is 9.94. The molecule has 0 aliphatic carbocycles. The van der Waals surface area contributed by atoms with Crippen molar-refractivity contribution in [2.45, 2.75) is 13.8 Å². The summed E-state index contributed by atoms with van der Waals surface area (Å²) in [5, 5.41) is 4.52. The summed E-state index contributed by atoms with van der Waals surface area (Å²) in [7, 11) is 3.56. The van der Waals surface area contributed by atoms with Gasteiger partial charge in [-0.15, -0.1) is 0 Å². The molecule has 0 aliphatic rings. The molecule has 0 spiro atoms. The monoisotopic (exact) mass is 282 g/mol. The number of anilines is 1. The van der Waals surface area contributed by atoms with Crippen molar-refractivity contribution in [3.05, 3.63) is 35.7 Å². The predicted octanol–water partition coefficient (Wildman–Crippen LogP) is 2.84. The summed E-state index contributed by atoms with van der Waals surface area (Å²) in [4.78, 5) is 4.35. The van der Waals surface area contributed by atoms with E-state index in [1.165, 1.54) is 0 Å². The Kier molecular flexibility index (Phi) is 3.05. The molecular formula is C16H18N4O. The maximum Gasteiger partial charge on any atom is 0.122 e. The molecule has 2 aromatic heterocycles.